The number of benzene rings is 1. The first kappa shape index (κ1) is 24.7. The highest BCUT2D eigenvalue weighted by atomic mass is 16.3. The molecule has 3 aliphatic rings. The lowest BCUT2D eigenvalue weighted by atomic mass is 9.57. The van der Waals surface area contributed by atoms with Gasteiger partial charge in [-0.05, 0) is 43.5 Å². The minimum absolute atomic E-state index is 0.00806. The average Bonchev–Trinajstić information content (AvgIpc) is 2.76. The van der Waals surface area contributed by atoms with Crippen LogP contribution in [0, 0.1) is 11.8 Å². The molecule has 0 aliphatic heterocycles. The second-order valence-corrected chi connectivity index (χ2v) is 9.55. The number of aliphatic hydroxyl groups excluding tert-OH is 3. The number of fused-ring (bicyclic) bond motifs is 3. The SMILES string of the molecule is CN(C)c1ccc(O)c2c1C[C@H]1C[C@H]3[C@@H](N(C)CCO)C(=O)C(C(N)=O)=C(O)[C@@]3(O)C(=O)C1=C2O. The van der Waals surface area contributed by atoms with E-state index in [2.05, 4.69) is 0 Å². The topological polar surface area (TPSA) is 185 Å². The zero-order valence-corrected chi connectivity index (χ0v) is 19.6. The van der Waals surface area contributed by atoms with Crippen molar-refractivity contribution in [3.05, 3.63) is 40.2 Å². The summed E-state index contributed by atoms with van der Waals surface area (Å²) >= 11 is 0. The molecule has 0 radical (unpaired) electrons. The fraction of sp³-hybridized carbons (Fsp3) is 0.458. The molecule has 4 rings (SSSR count). The van der Waals surface area contributed by atoms with E-state index in [1.165, 1.54) is 18.0 Å². The third kappa shape index (κ3) is 3.33. The van der Waals surface area contributed by atoms with Crippen LogP contribution in [0.1, 0.15) is 17.5 Å². The highest BCUT2D eigenvalue weighted by Gasteiger charge is 2.64. The number of aliphatic hydroxyl groups is 4. The van der Waals surface area contributed by atoms with E-state index in [4.69, 9.17) is 5.73 Å². The second-order valence-electron chi connectivity index (χ2n) is 9.55. The summed E-state index contributed by atoms with van der Waals surface area (Å²) in [6, 6.07) is 1.83. The van der Waals surface area contributed by atoms with Crippen molar-refractivity contribution in [2.24, 2.45) is 17.6 Å². The van der Waals surface area contributed by atoms with Gasteiger partial charge in [0.15, 0.2) is 11.4 Å². The normalized spacial score (nSPS) is 28.1. The number of nitrogens with two attached hydrogens (primary N) is 1. The number of amides is 1. The molecule has 3 aliphatic carbocycles. The Hall–Kier alpha value is -3.41. The molecule has 11 heteroatoms. The maximum Gasteiger partial charge on any atom is 0.255 e. The van der Waals surface area contributed by atoms with E-state index >= 15 is 0 Å². The Labute approximate surface area is 201 Å². The summed E-state index contributed by atoms with van der Waals surface area (Å²) < 4.78 is 0. The van der Waals surface area contributed by atoms with Crippen molar-refractivity contribution < 1.29 is 39.9 Å². The number of anilines is 1. The van der Waals surface area contributed by atoms with E-state index in [1.54, 1.807) is 25.1 Å². The van der Waals surface area contributed by atoms with Gasteiger partial charge in [0.05, 0.1) is 18.2 Å². The van der Waals surface area contributed by atoms with Gasteiger partial charge in [-0.1, -0.05) is 0 Å². The van der Waals surface area contributed by atoms with Gasteiger partial charge in [-0.15, -0.1) is 0 Å². The quantitative estimate of drug-likeness (QED) is 0.293. The maximum absolute atomic E-state index is 13.8. The number of likely N-dealkylation sites (N-methyl/N-ethyl adjacent to an activating group) is 1. The molecule has 0 heterocycles. The zero-order chi connectivity index (χ0) is 26.0. The van der Waals surface area contributed by atoms with Crippen molar-refractivity contribution in [1.29, 1.82) is 0 Å². The lowest BCUT2D eigenvalue weighted by molar-refractivity contribution is -0.154. The molecule has 0 unspecified atom stereocenters. The van der Waals surface area contributed by atoms with E-state index < -0.39 is 58.0 Å². The molecule has 0 spiro atoms. The van der Waals surface area contributed by atoms with E-state index in [1.807, 2.05) is 0 Å². The minimum atomic E-state index is -2.71. The van der Waals surface area contributed by atoms with E-state index in [0.29, 0.717) is 11.3 Å². The minimum Gasteiger partial charge on any atom is -0.508 e. The highest BCUT2D eigenvalue weighted by Crippen LogP contribution is 2.53. The number of carbonyl (C=O) groups excluding carboxylic acids is 3. The number of phenolic OH excluding ortho intramolecular Hbond substituents is 1. The van der Waals surface area contributed by atoms with Crippen LogP contribution in [0.15, 0.2) is 29.0 Å². The van der Waals surface area contributed by atoms with Crippen molar-refractivity contribution in [3.8, 4) is 5.75 Å². The predicted molar refractivity (Wildman–Crippen MR) is 125 cm³/mol. The summed E-state index contributed by atoms with van der Waals surface area (Å²) in [6.07, 6.45) is 0.207. The number of carbonyl (C=O) groups is 3. The number of hydrogen-bond acceptors (Lipinski definition) is 10. The van der Waals surface area contributed by atoms with Crippen LogP contribution in [0.4, 0.5) is 5.69 Å². The van der Waals surface area contributed by atoms with Crippen molar-refractivity contribution >= 4 is 28.9 Å². The Morgan fingerprint density at radius 3 is 2.40 bits per heavy atom. The maximum atomic E-state index is 13.8. The fourth-order valence-corrected chi connectivity index (χ4v) is 5.86. The summed E-state index contributed by atoms with van der Waals surface area (Å²) in [5.41, 5.74) is 2.90. The summed E-state index contributed by atoms with van der Waals surface area (Å²) in [6.45, 7) is -0.348. The lowest BCUT2D eigenvalue weighted by Gasteiger charge is -2.50. The molecule has 35 heavy (non-hydrogen) atoms. The number of hydrogen-bond donors (Lipinski definition) is 6. The monoisotopic (exact) mass is 487 g/mol. The van der Waals surface area contributed by atoms with E-state index in [0.717, 1.165) is 0 Å². The van der Waals surface area contributed by atoms with Gasteiger partial charge >= 0.3 is 0 Å². The van der Waals surface area contributed by atoms with Gasteiger partial charge in [0, 0.05) is 37.8 Å². The predicted octanol–water partition coefficient (Wildman–Crippen LogP) is -0.607. The van der Waals surface area contributed by atoms with Crippen molar-refractivity contribution in [1.82, 2.24) is 4.90 Å². The molecule has 188 valence electrons. The average molecular weight is 488 g/mol. The number of Topliss-reactive ketones (excluding diaryl/α,β-unsaturated/α-hetero) is 2. The standard InChI is InChI=1S/C24H29N3O8/c1-26(2)13-4-5-14(29)16-11(13)8-10-9-12-18(27(3)6-7-28)20(31)17(23(25)34)22(33)24(12,35)21(32)15(10)19(16)30/h4-5,10,12,18,28-30,33,35H,6-9H2,1-3H3,(H2,25,34)/t10-,12-,18+,24-/m0/s1. The van der Waals surface area contributed by atoms with Crippen LogP contribution in [-0.4, -0.2) is 93.8 Å². The third-order valence-electron chi connectivity index (χ3n) is 7.43. The van der Waals surface area contributed by atoms with Gasteiger partial charge in [0.1, 0.15) is 22.8 Å². The number of nitrogens with zero attached hydrogens (tertiary/aromatic N) is 2. The van der Waals surface area contributed by atoms with Crippen LogP contribution >= 0.6 is 0 Å². The molecule has 0 aromatic heterocycles. The number of primary amides is 1. The van der Waals surface area contributed by atoms with E-state index in [9.17, 15) is 39.9 Å². The Morgan fingerprint density at radius 2 is 1.83 bits per heavy atom. The summed E-state index contributed by atoms with van der Waals surface area (Å²) in [5.74, 6) is -7.00. The van der Waals surface area contributed by atoms with Crippen LogP contribution in [0.5, 0.6) is 5.75 Å². The summed E-state index contributed by atoms with van der Waals surface area (Å²) in [7, 11) is 5.08. The first-order chi connectivity index (χ1) is 16.4. The van der Waals surface area contributed by atoms with Crippen molar-refractivity contribution in [3.63, 3.8) is 0 Å². The molecule has 1 saturated carbocycles. The number of aromatic hydroxyl groups is 1. The molecule has 1 aromatic rings. The first-order valence-corrected chi connectivity index (χ1v) is 11.2. The molecular weight excluding hydrogens is 458 g/mol. The van der Waals surface area contributed by atoms with Crippen molar-refractivity contribution in [2.45, 2.75) is 24.5 Å². The highest BCUT2D eigenvalue weighted by molar-refractivity contribution is 6.24. The molecule has 0 bridgehead atoms. The molecule has 1 aromatic carbocycles. The third-order valence-corrected chi connectivity index (χ3v) is 7.43. The van der Waals surface area contributed by atoms with Gasteiger partial charge < -0.3 is 36.2 Å². The molecule has 7 N–H and O–H groups in total. The Bertz CT molecular complexity index is 1200. The van der Waals surface area contributed by atoms with E-state index in [-0.39, 0.29) is 42.9 Å². The van der Waals surface area contributed by atoms with Gasteiger partial charge in [-0.3, -0.25) is 19.3 Å². The van der Waals surface area contributed by atoms with Crippen molar-refractivity contribution in [2.75, 3.05) is 39.2 Å². The molecule has 1 fully saturated rings. The Kier molecular flexibility index (Phi) is 5.90. The largest absolute Gasteiger partial charge is 0.508 e. The molecule has 0 saturated heterocycles. The summed E-state index contributed by atoms with van der Waals surface area (Å²) in [5, 5.41) is 53.6. The van der Waals surface area contributed by atoms with Crippen LogP contribution in [0.2, 0.25) is 0 Å². The van der Waals surface area contributed by atoms with Crippen LogP contribution < -0.4 is 10.6 Å². The number of ketones is 2. The number of phenols is 1. The lowest BCUT2D eigenvalue weighted by Crippen LogP contribution is -2.66. The molecular formula is C24H29N3O8. The smallest absolute Gasteiger partial charge is 0.255 e. The molecule has 11 nitrogen and oxygen atoms in total. The van der Waals surface area contributed by atoms with Crippen LogP contribution in [-0.2, 0) is 20.8 Å². The number of rotatable bonds is 5. The van der Waals surface area contributed by atoms with Gasteiger partial charge in [0.25, 0.3) is 5.91 Å². The van der Waals surface area contributed by atoms with Crippen LogP contribution in [0.3, 0.4) is 0 Å². The van der Waals surface area contributed by atoms with Crippen LogP contribution in [0.25, 0.3) is 5.76 Å². The van der Waals surface area contributed by atoms with Gasteiger partial charge in [0.2, 0.25) is 5.78 Å². The Balaban J connectivity index is 1.97. The molecule has 4 atom stereocenters. The summed E-state index contributed by atoms with van der Waals surface area (Å²) in [4.78, 5) is 42.3. The second kappa shape index (κ2) is 8.36. The molecule has 1 amide bonds. The zero-order valence-electron chi connectivity index (χ0n) is 19.6. The fourth-order valence-electron chi connectivity index (χ4n) is 5.86. The Morgan fingerprint density at radius 1 is 1.17 bits per heavy atom. The van der Waals surface area contributed by atoms with Gasteiger partial charge in [-0.2, -0.15) is 0 Å². The first-order valence-electron chi connectivity index (χ1n) is 11.2. The van der Waals surface area contributed by atoms with Gasteiger partial charge in [-0.25, -0.2) is 0 Å².